The molecule has 0 radical (unpaired) electrons. The second-order valence-corrected chi connectivity index (χ2v) is 7.28. The molecule has 1 saturated heterocycles. The fourth-order valence-corrected chi connectivity index (χ4v) is 3.60. The number of fused-ring (bicyclic) bond motifs is 1. The smallest absolute Gasteiger partial charge is 1.00 e. The van der Waals surface area contributed by atoms with Crippen molar-refractivity contribution in [2.24, 2.45) is 5.92 Å². The van der Waals surface area contributed by atoms with Gasteiger partial charge in [0.25, 0.3) is 5.91 Å². The van der Waals surface area contributed by atoms with Gasteiger partial charge >= 0.3 is 35.5 Å². The molecule has 2 aromatic carbocycles. The van der Waals surface area contributed by atoms with Crippen molar-refractivity contribution in [1.82, 2.24) is 15.3 Å². The number of piperidine rings is 1. The van der Waals surface area contributed by atoms with Gasteiger partial charge < -0.3 is 16.7 Å². The average molecular weight is 414 g/mol. The van der Waals surface area contributed by atoms with Crippen molar-refractivity contribution >= 4 is 28.6 Å². The molecule has 0 spiro atoms. The van der Waals surface area contributed by atoms with Crippen LogP contribution in [-0.2, 0) is 0 Å². The van der Waals surface area contributed by atoms with Gasteiger partial charge in [0.05, 0.1) is 5.56 Å². The van der Waals surface area contributed by atoms with Crippen molar-refractivity contribution in [2.45, 2.75) is 12.8 Å². The van der Waals surface area contributed by atoms with Crippen LogP contribution >= 0.6 is 0 Å². The van der Waals surface area contributed by atoms with Crippen LogP contribution in [0.25, 0.3) is 10.8 Å². The van der Waals surface area contributed by atoms with Gasteiger partial charge in [0.2, 0.25) is 5.95 Å². The summed E-state index contributed by atoms with van der Waals surface area (Å²) in [7, 11) is 0. The number of nitrogens with zero attached hydrogens (tertiary/aromatic N) is 3. The predicted octanol–water partition coefficient (Wildman–Crippen LogP) is 0.0909. The van der Waals surface area contributed by atoms with Gasteiger partial charge in [0, 0.05) is 37.6 Å². The molecule has 8 heteroatoms. The molecule has 0 saturated carbocycles. The Labute approximate surface area is 198 Å². The number of aromatic nitrogens is 2. The van der Waals surface area contributed by atoms with E-state index in [0.29, 0.717) is 24.0 Å². The molecule has 3 aromatic rings. The van der Waals surface area contributed by atoms with Crippen molar-refractivity contribution in [3.8, 4) is 0 Å². The molecule has 1 aliphatic rings. The predicted molar refractivity (Wildman–Crippen MR) is 111 cm³/mol. The number of carbonyl (C=O) groups excluding carboxylic acids is 1. The molecule has 1 fully saturated rings. The summed E-state index contributed by atoms with van der Waals surface area (Å²) in [6.45, 7) is 2.20. The Balaban J connectivity index is 0.00000171. The van der Waals surface area contributed by atoms with Gasteiger partial charge in [0.15, 0.2) is 0 Å². The monoisotopic (exact) mass is 414 g/mol. The number of hydrogen-bond acceptors (Lipinski definition) is 5. The summed E-state index contributed by atoms with van der Waals surface area (Å²) in [6, 6.07) is 13.7. The van der Waals surface area contributed by atoms with Gasteiger partial charge in [-0.2, -0.15) is 0 Å². The first-order valence-electron chi connectivity index (χ1n) is 9.67. The van der Waals surface area contributed by atoms with Crippen molar-refractivity contribution < 1.29 is 45.7 Å². The van der Waals surface area contributed by atoms with E-state index in [1.165, 1.54) is 12.4 Å². The second kappa shape index (κ2) is 10.0. The summed E-state index contributed by atoms with van der Waals surface area (Å²) in [6.07, 6.45) is 4.51. The number of rotatable bonds is 5. The van der Waals surface area contributed by atoms with Crippen LogP contribution in [0.5, 0.6) is 0 Å². The number of carboxylic acid groups (broad SMARTS) is 1. The minimum atomic E-state index is -1.03. The van der Waals surface area contributed by atoms with Crippen LogP contribution in [0.15, 0.2) is 54.9 Å². The largest absolute Gasteiger partial charge is 1.00 e. The van der Waals surface area contributed by atoms with E-state index >= 15 is 0 Å². The molecule has 0 bridgehead atoms. The normalized spacial score (nSPS) is 14.2. The minimum Gasteiger partial charge on any atom is -1.00 e. The molecule has 1 amide bonds. The van der Waals surface area contributed by atoms with Gasteiger partial charge in [-0.3, -0.25) is 4.79 Å². The summed E-state index contributed by atoms with van der Waals surface area (Å²) in [5.74, 6) is -0.134. The summed E-state index contributed by atoms with van der Waals surface area (Å²) < 4.78 is 0. The van der Waals surface area contributed by atoms with Crippen LogP contribution in [0.4, 0.5) is 5.95 Å². The van der Waals surface area contributed by atoms with Crippen molar-refractivity contribution in [2.75, 3.05) is 24.5 Å². The summed E-state index contributed by atoms with van der Waals surface area (Å²) >= 11 is 0. The standard InChI is InChI=1S/C22H22N4O3.Na.H/c27-20(18-6-5-16-3-1-2-4-17(16)11-18)23-12-15-7-9-26(10-8-15)22-24-13-19(14-25-22)21(28)29;;/h1-6,11,13-15H,7-10,12H2,(H,23,27)(H,28,29);;/q;+1;-1. The number of hydrogen-bond donors (Lipinski definition) is 2. The van der Waals surface area contributed by atoms with Gasteiger partial charge in [-0.25, -0.2) is 14.8 Å². The van der Waals surface area contributed by atoms with Gasteiger partial charge in [0.1, 0.15) is 0 Å². The maximum atomic E-state index is 12.5. The molecule has 7 nitrogen and oxygen atoms in total. The van der Waals surface area contributed by atoms with E-state index < -0.39 is 5.97 Å². The number of nitrogens with one attached hydrogen (secondary N) is 1. The van der Waals surface area contributed by atoms with Crippen LogP contribution < -0.4 is 39.8 Å². The zero-order chi connectivity index (χ0) is 20.2. The van der Waals surface area contributed by atoms with Crippen LogP contribution in [0.2, 0.25) is 0 Å². The number of carboxylic acids is 1. The molecule has 30 heavy (non-hydrogen) atoms. The Morgan fingerprint density at radius 3 is 2.37 bits per heavy atom. The fourth-order valence-electron chi connectivity index (χ4n) is 3.60. The van der Waals surface area contributed by atoms with E-state index in [9.17, 15) is 9.59 Å². The van der Waals surface area contributed by atoms with E-state index in [4.69, 9.17) is 5.11 Å². The molecule has 2 heterocycles. The average Bonchev–Trinajstić information content (AvgIpc) is 2.77. The van der Waals surface area contributed by atoms with Crippen LogP contribution in [0.3, 0.4) is 0 Å². The Hall–Kier alpha value is -2.48. The van der Waals surface area contributed by atoms with Gasteiger partial charge in [-0.15, -0.1) is 0 Å². The zero-order valence-corrected chi connectivity index (χ0v) is 18.9. The quantitative estimate of drug-likeness (QED) is 0.575. The Morgan fingerprint density at radius 2 is 1.70 bits per heavy atom. The Kier molecular flexibility index (Phi) is 7.42. The zero-order valence-electron chi connectivity index (χ0n) is 17.9. The van der Waals surface area contributed by atoms with E-state index in [0.717, 1.165) is 36.7 Å². The third-order valence-electron chi connectivity index (χ3n) is 5.35. The number of anilines is 1. The summed E-state index contributed by atoms with van der Waals surface area (Å²) in [5, 5.41) is 14.2. The molecule has 0 unspecified atom stereocenters. The second-order valence-electron chi connectivity index (χ2n) is 7.28. The van der Waals surface area contributed by atoms with Gasteiger partial charge in [-0.05, 0) is 41.7 Å². The van der Waals surface area contributed by atoms with Crippen LogP contribution in [0, 0.1) is 5.92 Å². The maximum absolute atomic E-state index is 12.5. The third kappa shape index (κ3) is 5.16. The molecule has 4 rings (SSSR count). The maximum Gasteiger partial charge on any atom is 1.00 e. The van der Waals surface area contributed by atoms with E-state index in [1.54, 1.807) is 0 Å². The van der Waals surface area contributed by atoms with Crippen LogP contribution in [0.1, 0.15) is 35.0 Å². The fraction of sp³-hybridized carbons (Fsp3) is 0.273. The number of carbonyl (C=O) groups is 2. The minimum absolute atomic E-state index is 0. The molecular weight excluding hydrogens is 391 g/mol. The first kappa shape index (κ1) is 22.2. The van der Waals surface area contributed by atoms with Crippen LogP contribution in [-0.4, -0.2) is 46.6 Å². The Bertz CT molecular complexity index is 1040. The van der Waals surface area contributed by atoms with Gasteiger partial charge in [-0.1, -0.05) is 30.3 Å². The van der Waals surface area contributed by atoms with E-state index in [2.05, 4.69) is 15.3 Å². The molecule has 1 aromatic heterocycles. The number of benzene rings is 2. The first-order chi connectivity index (χ1) is 14.1. The molecule has 2 N–H and O–H groups in total. The van der Waals surface area contributed by atoms with Crippen molar-refractivity contribution in [3.05, 3.63) is 66.0 Å². The number of amides is 1. The topological polar surface area (TPSA) is 95.4 Å². The molecular formula is C22H23N4NaO3. The SMILES string of the molecule is O=C(O)c1cnc(N2CCC(CNC(=O)c3ccc4ccccc4c3)CC2)nc1.[H-].[Na+]. The Morgan fingerprint density at radius 1 is 1.03 bits per heavy atom. The molecule has 1 aliphatic heterocycles. The van der Waals surface area contributed by atoms with Crippen molar-refractivity contribution in [1.29, 1.82) is 0 Å². The molecule has 0 aliphatic carbocycles. The summed E-state index contributed by atoms with van der Waals surface area (Å²) in [5.41, 5.74) is 0.757. The molecule has 150 valence electrons. The van der Waals surface area contributed by atoms with Crippen molar-refractivity contribution in [3.63, 3.8) is 0 Å². The van der Waals surface area contributed by atoms with E-state index in [-0.39, 0.29) is 42.5 Å². The first-order valence-corrected chi connectivity index (χ1v) is 9.67. The van der Waals surface area contributed by atoms with E-state index in [1.807, 2.05) is 47.4 Å². The summed E-state index contributed by atoms with van der Waals surface area (Å²) in [4.78, 5) is 33.8. The third-order valence-corrected chi connectivity index (χ3v) is 5.35. The molecule has 0 atom stereocenters. The number of aromatic carboxylic acids is 1.